The van der Waals surface area contributed by atoms with Gasteiger partial charge in [-0.05, 0) is 148 Å². The second-order valence-corrected chi connectivity index (χ2v) is 23.2. The van der Waals surface area contributed by atoms with E-state index in [1.165, 1.54) is 87.8 Å². The van der Waals surface area contributed by atoms with Crippen molar-refractivity contribution < 1.29 is 0 Å². The van der Waals surface area contributed by atoms with E-state index < -0.39 is 0 Å². The van der Waals surface area contributed by atoms with Crippen LogP contribution in [0.5, 0.6) is 0 Å². The molecule has 15 aromatic rings. The molecular weight excluding hydrogens is 1040 g/mol. The molecule has 4 aliphatic rings. The Balaban J connectivity index is 0.955. The summed E-state index contributed by atoms with van der Waals surface area (Å²) in [5.41, 5.74) is 28.3. The van der Waals surface area contributed by atoms with E-state index in [9.17, 15) is 0 Å². The molecule has 398 valence electrons. The first-order valence-electron chi connectivity index (χ1n) is 29.8. The number of hydrogen-bond acceptors (Lipinski definition) is 4. The van der Waals surface area contributed by atoms with Gasteiger partial charge in [-0.25, -0.2) is 0 Å². The average Bonchev–Trinajstić information content (AvgIpc) is 1.09. The van der Waals surface area contributed by atoms with Gasteiger partial charge in [-0.2, -0.15) is 0 Å². The normalized spacial score (nSPS) is 13.2. The highest BCUT2D eigenvalue weighted by atomic mass is 15.2. The van der Waals surface area contributed by atoms with Gasteiger partial charge < -0.3 is 28.7 Å². The zero-order valence-electron chi connectivity index (χ0n) is 46.7. The number of para-hydroxylation sites is 10. The van der Waals surface area contributed by atoms with Crippen LogP contribution in [-0.4, -0.2) is 22.6 Å². The number of aromatic nitrogens is 2. The summed E-state index contributed by atoms with van der Waals surface area (Å²) >= 11 is 0. The Morgan fingerprint density at radius 2 is 0.628 bits per heavy atom. The minimum Gasteiger partial charge on any atom is -0.311 e. The number of benzene rings is 13. The summed E-state index contributed by atoms with van der Waals surface area (Å²) in [6, 6.07) is 113. The Labute approximate surface area is 498 Å². The van der Waals surface area contributed by atoms with Crippen LogP contribution in [0.1, 0.15) is 0 Å². The molecule has 0 N–H and O–H groups in total. The quantitative estimate of drug-likeness (QED) is 0.148. The van der Waals surface area contributed by atoms with Gasteiger partial charge in [0.2, 0.25) is 0 Å². The number of nitrogens with zero attached hydrogens (tertiary/aromatic N) is 6. The highest BCUT2D eigenvalue weighted by Crippen LogP contribution is 2.50. The molecule has 0 atom stereocenters. The zero-order valence-corrected chi connectivity index (χ0v) is 46.7. The average molecular weight is 1090 g/mol. The monoisotopic (exact) mass is 1090 g/mol. The molecule has 0 saturated heterocycles. The minimum absolute atomic E-state index is 0.125. The molecule has 6 nitrogen and oxygen atoms in total. The van der Waals surface area contributed by atoms with Crippen LogP contribution >= 0.6 is 0 Å². The van der Waals surface area contributed by atoms with Gasteiger partial charge in [0.15, 0.2) is 0 Å². The van der Waals surface area contributed by atoms with E-state index in [2.05, 4.69) is 332 Å². The molecule has 13 aromatic carbocycles. The van der Waals surface area contributed by atoms with Crippen molar-refractivity contribution in [3.8, 4) is 11.4 Å². The van der Waals surface area contributed by atoms with Crippen LogP contribution in [0, 0.1) is 0 Å². The smallest absolute Gasteiger partial charge is 0.252 e. The molecule has 2 aromatic heterocycles. The standard InChI is InChI=1S/C78H50B2N6/c1-6-25-51(26-7-1)81(52-27-8-2-9-28-52)56-45-73-77-75(46-56)86-68-43-22-18-37-60(68)61-38-24-40-63(78(61)86)80(77)65-49-64-70(50-71(65)84(73)55-33-14-5-15-34-55)83(54-31-12-4-13-32-54)74-48-57(85-66-41-20-16-35-58(66)59-36-17-21-42-67(59)85)47-72-76(74)79(64)62-39-19-23-44-69(62)82(72)53-29-10-3-11-30-53/h1-50H. The van der Waals surface area contributed by atoms with Crippen LogP contribution in [0.3, 0.4) is 0 Å². The third-order valence-corrected chi connectivity index (χ3v) is 18.8. The summed E-state index contributed by atoms with van der Waals surface area (Å²) in [5.74, 6) is 0. The fraction of sp³-hybridized carbons (Fsp3) is 0. The van der Waals surface area contributed by atoms with Crippen molar-refractivity contribution in [3.63, 3.8) is 0 Å². The largest absolute Gasteiger partial charge is 0.311 e. The third kappa shape index (κ3) is 6.58. The van der Waals surface area contributed by atoms with Crippen molar-refractivity contribution in [1.29, 1.82) is 0 Å². The van der Waals surface area contributed by atoms with E-state index in [0.717, 1.165) is 68.2 Å². The molecule has 0 radical (unpaired) electrons. The van der Waals surface area contributed by atoms with Gasteiger partial charge in [0, 0.05) is 95.3 Å². The molecule has 86 heavy (non-hydrogen) atoms. The van der Waals surface area contributed by atoms with E-state index in [-0.39, 0.29) is 13.4 Å². The Bertz CT molecular complexity index is 5190. The predicted octanol–water partition coefficient (Wildman–Crippen LogP) is 16.0. The van der Waals surface area contributed by atoms with Gasteiger partial charge >= 0.3 is 0 Å². The van der Waals surface area contributed by atoms with E-state index in [1.807, 2.05) is 0 Å². The minimum atomic E-state index is -0.131. The lowest BCUT2D eigenvalue weighted by Crippen LogP contribution is -2.65. The maximum absolute atomic E-state index is 2.65. The highest BCUT2D eigenvalue weighted by Gasteiger charge is 2.48. The van der Waals surface area contributed by atoms with Crippen LogP contribution in [0.4, 0.5) is 68.2 Å². The first kappa shape index (κ1) is 47.3. The van der Waals surface area contributed by atoms with Crippen molar-refractivity contribution >= 4 is 158 Å². The van der Waals surface area contributed by atoms with Gasteiger partial charge in [-0.1, -0.05) is 188 Å². The van der Waals surface area contributed by atoms with Crippen molar-refractivity contribution in [2.75, 3.05) is 19.6 Å². The van der Waals surface area contributed by atoms with Crippen LogP contribution in [0.2, 0.25) is 0 Å². The fourth-order valence-electron chi connectivity index (χ4n) is 15.4. The second-order valence-electron chi connectivity index (χ2n) is 23.2. The number of anilines is 12. The predicted molar refractivity (Wildman–Crippen MR) is 363 cm³/mol. The van der Waals surface area contributed by atoms with Gasteiger partial charge in [0.1, 0.15) is 0 Å². The lowest BCUT2D eigenvalue weighted by Gasteiger charge is -2.46. The second kappa shape index (κ2) is 18.1. The van der Waals surface area contributed by atoms with Crippen molar-refractivity contribution in [3.05, 3.63) is 303 Å². The highest BCUT2D eigenvalue weighted by molar-refractivity contribution is 7.03. The molecule has 0 amide bonds. The molecule has 0 unspecified atom stereocenters. The summed E-state index contributed by atoms with van der Waals surface area (Å²) in [4.78, 5) is 10.1. The number of fused-ring (bicyclic) bond motifs is 14. The number of rotatable bonds is 7. The Kier molecular flexibility index (Phi) is 9.98. The van der Waals surface area contributed by atoms with E-state index in [1.54, 1.807) is 0 Å². The molecule has 0 aliphatic carbocycles. The van der Waals surface area contributed by atoms with E-state index in [0.29, 0.717) is 0 Å². The maximum atomic E-state index is 2.65. The third-order valence-electron chi connectivity index (χ3n) is 18.8. The van der Waals surface area contributed by atoms with Gasteiger partial charge in [0.25, 0.3) is 13.4 Å². The van der Waals surface area contributed by atoms with Crippen molar-refractivity contribution in [1.82, 2.24) is 9.13 Å². The van der Waals surface area contributed by atoms with Crippen LogP contribution < -0.4 is 52.4 Å². The molecule has 4 aliphatic heterocycles. The Morgan fingerprint density at radius 3 is 1.19 bits per heavy atom. The van der Waals surface area contributed by atoms with Crippen LogP contribution in [0.15, 0.2) is 303 Å². The molecule has 0 spiro atoms. The molecule has 6 heterocycles. The molecule has 8 heteroatoms. The topological polar surface area (TPSA) is 22.8 Å². The van der Waals surface area contributed by atoms with Gasteiger partial charge in [0.05, 0.1) is 27.9 Å². The summed E-state index contributed by atoms with van der Waals surface area (Å²) < 4.78 is 5.08. The Hall–Kier alpha value is -11.2. The molecule has 19 rings (SSSR count). The van der Waals surface area contributed by atoms with Gasteiger partial charge in [-0.15, -0.1) is 0 Å². The summed E-state index contributed by atoms with van der Waals surface area (Å²) in [7, 11) is 0. The lowest BCUT2D eigenvalue weighted by atomic mass is 9.30. The number of hydrogen-bond donors (Lipinski definition) is 0. The van der Waals surface area contributed by atoms with Gasteiger partial charge in [-0.3, -0.25) is 0 Å². The molecule has 0 bridgehead atoms. The summed E-state index contributed by atoms with van der Waals surface area (Å²) in [6.45, 7) is -0.256. The van der Waals surface area contributed by atoms with Crippen LogP contribution in [-0.2, 0) is 0 Å². The lowest BCUT2D eigenvalue weighted by molar-refractivity contribution is 1.16. The SMILES string of the molecule is c1ccc(N(c2ccccc2)c2cc3c4c(c2)-n2c5ccccc5c5cccc(c52)B4c2cc4c(cc2N3c2ccccc2)N(c2ccccc2)c2cc(-n3c5ccccc5c5ccccc53)cc3c2B4c2ccccc2N3c2ccccc2)cc1. The summed E-state index contributed by atoms with van der Waals surface area (Å²) in [5, 5.41) is 4.98. The first-order valence-corrected chi connectivity index (χ1v) is 29.8. The van der Waals surface area contributed by atoms with Crippen molar-refractivity contribution in [2.24, 2.45) is 0 Å². The summed E-state index contributed by atoms with van der Waals surface area (Å²) in [6.07, 6.45) is 0. The van der Waals surface area contributed by atoms with Crippen molar-refractivity contribution in [2.45, 2.75) is 0 Å². The van der Waals surface area contributed by atoms with Crippen LogP contribution in [0.25, 0.3) is 55.0 Å². The Morgan fingerprint density at radius 1 is 0.233 bits per heavy atom. The maximum Gasteiger partial charge on any atom is 0.252 e. The van der Waals surface area contributed by atoms with E-state index >= 15 is 0 Å². The molecular formula is C78H50B2N6. The fourth-order valence-corrected chi connectivity index (χ4v) is 15.4. The van der Waals surface area contributed by atoms with E-state index in [4.69, 9.17) is 0 Å². The first-order chi connectivity index (χ1) is 42.7. The molecule has 0 saturated carbocycles. The molecule has 0 fully saturated rings. The zero-order chi connectivity index (χ0) is 56.1.